The second kappa shape index (κ2) is 4.36. The first-order chi connectivity index (χ1) is 5.74. The molecule has 0 heterocycles. The van der Waals surface area contributed by atoms with Crippen LogP contribution >= 0.6 is 11.8 Å². The zero-order valence-electron chi connectivity index (χ0n) is 7.58. The normalized spacial score (nSPS) is 12.5. The Kier molecular flexibility index (Phi) is 3.42. The fourth-order valence-electron chi connectivity index (χ4n) is 0.937. The van der Waals surface area contributed by atoms with Crippen LogP contribution in [0.1, 0.15) is 12.5 Å². The summed E-state index contributed by atoms with van der Waals surface area (Å²) in [6.45, 7) is 8.06. The maximum atomic E-state index is 3.77. The molecule has 1 rings (SSSR count). The Labute approximate surface area is 78.7 Å². The summed E-state index contributed by atoms with van der Waals surface area (Å²) in [4.78, 5) is 1.35. The molecule has 0 spiro atoms. The molecule has 0 aliphatic heterocycles. The van der Waals surface area contributed by atoms with Gasteiger partial charge >= 0.3 is 0 Å². The first kappa shape index (κ1) is 9.40. The van der Waals surface area contributed by atoms with E-state index in [2.05, 4.69) is 44.7 Å². The molecule has 0 radical (unpaired) electrons. The zero-order chi connectivity index (χ0) is 8.97. The molecular weight excluding hydrogens is 164 g/mol. The first-order valence-corrected chi connectivity index (χ1v) is 4.97. The van der Waals surface area contributed by atoms with Gasteiger partial charge in [0, 0.05) is 10.1 Å². The summed E-state index contributed by atoms with van der Waals surface area (Å²) in [5.74, 6) is 0. The third-order valence-corrected chi connectivity index (χ3v) is 3.01. The monoisotopic (exact) mass is 178 g/mol. The second-order valence-corrected chi connectivity index (χ2v) is 4.24. The highest BCUT2D eigenvalue weighted by Gasteiger charge is 2.01. The van der Waals surface area contributed by atoms with Crippen molar-refractivity contribution in [3.8, 4) is 0 Å². The first-order valence-electron chi connectivity index (χ1n) is 4.09. The van der Waals surface area contributed by atoms with E-state index in [4.69, 9.17) is 0 Å². The van der Waals surface area contributed by atoms with Crippen molar-refractivity contribution in [1.82, 2.24) is 0 Å². The van der Waals surface area contributed by atoms with Crippen LogP contribution in [0.3, 0.4) is 0 Å². The Morgan fingerprint density at radius 1 is 1.42 bits per heavy atom. The van der Waals surface area contributed by atoms with E-state index in [1.54, 1.807) is 0 Å². The standard InChI is InChI=1S/C11H14S/c1-4-10(3)12-11-8-6-5-7-9(11)2/h4-8,10H,1H2,2-3H3. The molecule has 0 amide bonds. The highest BCUT2D eigenvalue weighted by molar-refractivity contribution is 8.00. The molecule has 0 N–H and O–H groups in total. The van der Waals surface area contributed by atoms with E-state index in [1.165, 1.54) is 10.5 Å². The molecule has 0 saturated heterocycles. The van der Waals surface area contributed by atoms with Crippen LogP contribution in [-0.4, -0.2) is 5.25 Å². The number of hydrogen-bond donors (Lipinski definition) is 0. The van der Waals surface area contributed by atoms with Gasteiger partial charge in [0.1, 0.15) is 0 Å². The Balaban J connectivity index is 2.75. The van der Waals surface area contributed by atoms with Gasteiger partial charge in [-0.2, -0.15) is 0 Å². The van der Waals surface area contributed by atoms with Gasteiger partial charge in [-0.1, -0.05) is 24.3 Å². The van der Waals surface area contributed by atoms with E-state index in [1.807, 2.05) is 17.8 Å². The Morgan fingerprint density at radius 3 is 2.67 bits per heavy atom. The Morgan fingerprint density at radius 2 is 2.08 bits per heavy atom. The third-order valence-electron chi connectivity index (χ3n) is 1.74. The minimum Gasteiger partial charge on any atom is -0.119 e. The molecule has 0 fully saturated rings. The number of hydrogen-bond acceptors (Lipinski definition) is 1. The molecule has 0 aromatic heterocycles. The summed E-state index contributed by atoms with van der Waals surface area (Å²) in [6, 6.07) is 8.43. The zero-order valence-corrected chi connectivity index (χ0v) is 8.40. The summed E-state index contributed by atoms with van der Waals surface area (Å²) < 4.78 is 0. The van der Waals surface area contributed by atoms with Gasteiger partial charge < -0.3 is 0 Å². The molecule has 1 aromatic rings. The minimum absolute atomic E-state index is 0.492. The molecule has 0 saturated carbocycles. The van der Waals surface area contributed by atoms with E-state index in [9.17, 15) is 0 Å². The van der Waals surface area contributed by atoms with Crippen molar-refractivity contribution in [2.24, 2.45) is 0 Å². The summed E-state index contributed by atoms with van der Waals surface area (Å²) in [7, 11) is 0. The molecule has 0 bridgehead atoms. The summed E-state index contributed by atoms with van der Waals surface area (Å²) in [5.41, 5.74) is 1.34. The van der Waals surface area contributed by atoms with Gasteiger partial charge in [0.15, 0.2) is 0 Å². The van der Waals surface area contributed by atoms with Crippen molar-refractivity contribution < 1.29 is 0 Å². The smallest absolute Gasteiger partial charge is 0.0243 e. The quantitative estimate of drug-likeness (QED) is 0.503. The lowest BCUT2D eigenvalue weighted by atomic mass is 10.2. The van der Waals surface area contributed by atoms with Crippen molar-refractivity contribution in [2.75, 3.05) is 0 Å². The minimum atomic E-state index is 0.492. The van der Waals surface area contributed by atoms with Crippen molar-refractivity contribution in [2.45, 2.75) is 24.0 Å². The van der Waals surface area contributed by atoms with Gasteiger partial charge in [-0.15, -0.1) is 18.3 Å². The van der Waals surface area contributed by atoms with Crippen molar-refractivity contribution >= 4 is 11.8 Å². The maximum Gasteiger partial charge on any atom is 0.0243 e. The summed E-state index contributed by atoms with van der Waals surface area (Å²) in [6.07, 6.45) is 1.97. The molecule has 1 unspecified atom stereocenters. The van der Waals surface area contributed by atoms with Crippen LogP contribution in [0.25, 0.3) is 0 Å². The maximum absolute atomic E-state index is 3.77. The van der Waals surface area contributed by atoms with Gasteiger partial charge in [-0.25, -0.2) is 0 Å². The van der Waals surface area contributed by atoms with Crippen LogP contribution in [0.2, 0.25) is 0 Å². The Hall–Kier alpha value is -0.690. The predicted octanol–water partition coefficient (Wildman–Crippen LogP) is 3.66. The van der Waals surface area contributed by atoms with Gasteiger partial charge in [-0.3, -0.25) is 0 Å². The fraction of sp³-hybridized carbons (Fsp3) is 0.273. The summed E-state index contributed by atoms with van der Waals surface area (Å²) in [5, 5.41) is 0.492. The van der Waals surface area contributed by atoms with Crippen LogP contribution in [0.15, 0.2) is 41.8 Å². The number of rotatable bonds is 3. The molecule has 0 aliphatic carbocycles. The topological polar surface area (TPSA) is 0 Å². The lowest BCUT2D eigenvalue weighted by molar-refractivity contribution is 1.22. The molecule has 12 heavy (non-hydrogen) atoms. The predicted molar refractivity (Wildman–Crippen MR) is 56.7 cm³/mol. The lowest BCUT2D eigenvalue weighted by Gasteiger charge is -2.07. The van der Waals surface area contributed by atoms with Crippen molar-refractivity contribution in [1.29, 1.82) is 0 Å². The number of aryl methyl sites for hydroxylation is 1. The number of benzene rings is 1. The fourth-order valence-corrected chi connectivity index (χ4v) is 1.84. The number of thioether (sulfide) groups is 1. The van der Waals surface area contributed by atoms with Crippen LogP contribution in [0.5, 0.6) is 0 Å². The van der Waals surface area contributed by atoms with Crippen molar-refractivity contribution in [3.63, 3.8) is 0 Å². The van der Waals surface area contributed by atoms with E-state index in [0.717, 1.165) is 0 Å². The van der Waals surface area contributed by atoms with E-state index in [0.29, 0.717) is 5.25 Å². The van der Waals surface area contributed by atoms with Crippen molar-refractivity contribution in [3.05, 3.63) is 42.5 Å². The molecular formula is C11H14S. The largest absolute Gasteiger partial charge is 0.119 e. The molecule has 0 aliphatic rings. The van der Waals surface area contributed by atoms with Crippen LogP contribution in [-0.2, 0) is 0 Å². The van der Waals surface area contributed by atoms with Crippen LogP contribution in [0.4, 0.5) is 0 Å². The Bertz CT molecular complexity index is 265. The van der Waals surface area contributed by atoms with Gasteiger partial charge in [0.25, 0.3) is 0 Å². The lowest BCUT2D eigenvalue weighted by Crippen LogP contribution is -1.89. The van der Waals surface area contributed by atoms with Gasteiger partial charge in [0.05, 0.1) is 0 Å². The molecule has 1 aromatic carbocycles. The summed E-state index contributed by atoms with van der Waals surface area (Å²) >= 11 is 1.85. The molecule has 1 heteroatoms. The average molecular weight is 178 g/mol. The van der Waals surface area contributed by atoms with E-state index >= 15 is 0 Å². The molecule has 64 valence electrons. The van der Waals surface area contributed by atoms with E-state index in [-0.39, 0.29) is 0 Å². The average Bonchev–Trinajstić information content (AvgIpc) is 2.09. The molecule has 0 nitrogen and oxygen atoms in total. The van der Waals surface area contributed by atoms with Crippen LogP contribution < -0.4 is 0 Å². The van der Waals surface area contributed by atoms with Crippen LogP contribution in [0, 0.1) is 6.92 Å². The third kappa shape index (κ3) is 2.42. The SMILES string of the molecule is C=CC(C)Sc1ccccc1C. The van der Waals surface area contributed by atoms with E-state index < -0.39 is 0 Å². The highest BCUT2D eigenvalue weighted by atomic mass is 32.2. The highest BCUT2D eigenvalue weighted by Crippen LogP contribution is 2.26. The molecule has 1 atom stereocenters. The second-order valence-electron chi connectivity index (χ2n) is 2.82. The van der Waals surface area contributed by atoms with Gasteiger partial charge in [-0.05, 0) is 25.5 Å². The van der Waals surface area contributed by atoms with Gasteiger partial charge in [0.2, 0.25) is 0 Å².